The molecule has 2 rings (SSSR count). The zero-order valence-corrected chi connectivity index (χ0v) is 9.32. The van der Waals surface area contributed by atoms with E-state index in [1.54, 1.807) is 0 Å². The van der Waals surface area contributed by atoms with E-state index in [4.69, 9.17) is 4.74 Å². The lowest BCUT2D eigenvalue weighted by Crippen LogP contribution is -2.41. The highest BCUT2D eigenvalue weighted by Crippen LogP contribution is 2.35. The van der Waals surface area contributed by atoms with E-state index in [1.165, 1.54) is 6.42 Å². The van der Waals surface area contributed by atoms with Gasteiger partial charge in [-0.25, -0.2) is 0 Å². The Bertz CT molecular complexity index is 199. The van der Waals surface area contributed by atoms with Gasteiger partial charge in [-0.05, 0) is 25.7 Å². The molecular weight excluding hydrogens is 192 g/mol. The van der Waals surface area contributed by atoms with Gasteiger partial charge in [-0.1, -0.05) is 19.3 Å². The van der Waals surface area contributed by atoms with E-state index in [1.807, 2.05) is 0 Å². The second-order valence-corrected chi connectivity index (χ2v) is 5.18. The molecule has 0 aromatic carbocycles. The van der Waals surface area contributed by atoms with E-state index in [-0.39, 0.29) is 12.0 Å². The fourth-order valence-electron chi connectivity index (χ4n) is 2.88. The highest BCUT2D eigenvalue weighted by atomic mass is 16.5. The molecule has 2 atom stereocenters. The van der Waals surface area contributed by atoms with Crippen LogP contribution in [0.15, 0.2) is 0 Å². The molecule has 0 aromatic rings. The average molecular weight is 214 g/mol. The smallest absolute Gasteiger partial charge is 0.0652 e. The molecule has 2 aliphatic rings. The molecule has 2 N–H and O–H groups in total. The molecule has 2 fully saturated rings. The highest BCUT2D eigenvalue weighted by molar-refractivity contribution is 4.87. The SMILES string of the molecule is OC1CCOCC1CC1(O)CCCCC1. The molecule has 3 nitrogen and oxygen atoms in total. The fraction of sp³-hybridized carbons (Fsp3) is 1.00. The van der Waals surface area contributed by atoms with Crippen molar-refractivity contribution in [2.45, 2.75) is 56.7 Å². The van der Waals surface area contributed by atoms with Gasteiger partial charge in [0, 0.05) is 12.5 Å². The van der Waals surface area contributed by atoms with Crippen LogP contribution in [0.5, 0.6) is 0 Å². The number of ether oxygens (including phenoxy) is 1. The molecule has 2 unspecified atom stereocenters. The summed E-state index contributed by atoms with van der Waals surface area (Å²) in [4.78, 5) is 0. The average Bonchev–Trinajstić information content (AvgIpc) is 2.22. The lowest BCUT2D eigenvalue weighted by atomic mass is 9.77. The molecule has 1 heterocycles. The maximum atomic E-state index is 10.4. The van der Waals surface area contributed by atoms with Crippen molar-refractivity contribution < 1.29 is 14.9 Å². The van der Waals surface area contributed by atoms with Crippen LogP contribution >= 0.6 is 0 Å². The molecule has 0 aromatic heterocycles. The number of hydrogen-bond acceptors (Lipinski definition) is 3. The third kappa shape index (κ3) is 2.92. The largest absolute Gasteiger partial charge is 0.393 e. The molecule has 0 amide bonds. The van der Waals surface area contributed by atoms with Crippen molar-refractivity contribution in [3.05, 3.63) is 0 Å². The first-order valence-electron chi connectivity index (χ1n) is 6.18. The van der Waals surface area contributed by atoms with Gasteiger partial charge in [0.25, 0.3) is 0 Å². The van der Waals surface area contributed by atoms with Crippen LogP contribution in [0.25, 0.3) is 0 Å². The van der Waals surface area contributed by atoms with Gasteiger partial charge < -0.3 is 14.9 Å². The van der Waals surface area contributed by atoms with Crippen LogP contribution in [0.2, 0.25) is 0 Å². The minimum atomic E-state index is -0.523. The molecule has 1 aliphatic carbocycles. The van der Waals surface area contributed by atoms with Gasteiger partial charge in [0.1, 0.15) is 0 Å². The summed E-state index contributed by atoms with van der Waals surface area (Å²) < 4.78 is 5.37. The van der Waals surface area contributed by atoms with Gasteiger partial charge in [0.15, 0.2) is 0 Å². The Labute approximate surface area is 91.4 Å². The van der Waals surface area contributed by atoms with Crippen molar-refractivity contribution in [2.24, 2.45) is 5.92 Å². The minimum absolute atomic E-state index is 0.141. The lowest BCUT2D eigenvalue weighted by Gasteiger charge is -2.38. The summed E-state index contributed by atoms with van der Waals surface area (Å²) in [6.45, 7) is 1.28. The van der Waals surface area contributed by atoms with E-state index in [0.29, 0.717) is 19.6 Å². The number of hydrogen-bond donors (Lipinski definition) is 2. The maximum absolute atomic E-state index is 10.4. The summed E-state index contributed by atoms with van der Waals surface area (Å²) in [5.74, 6) is 0.141. The lowest BCUT2D eigenvalue weighted by molar-refractivity contribution is -0.0861. The first-order chi connectivity index (χ1) is 7.20. The summed E-state index contributed by atoms with van der Waals surface area (Å²) >= 11 is 0. The summed E-state index contributed by atoms with van der Waals surface area (Å²) in [5, 5.41) is 20.2. The van der Waals surface area contributed by atoms with Crippen molar-refractivity contribution in [1.82, 2.24) is 0 Å². The highest BCUT2D eigenvalue weighted by Gasteiger charge is 2.35. The van der Waals surface area contributed by atoms with E-state index >= 15 is 0 Å². The number of rotatable bonds is 2. The third-order valence-electron chi connectivity index (χ3n) is 3.86. The van der Waals surface area contributed by atoms with Gasteiger partial charge in [0.05, 0.1) is 18.3 Å². The Morgan fingerprint density at radius 2 is 1.93 bits per heavy atom. The quantitative estimate of drug-likeness (QED) is 0.732. The van der Waals surface area contributed by atoms with Crippen molar-refractivity contribution >= 4 is 0 Å². The Balaban J connectivity index is 1.88. The summed E-state index contributed by atoms with van der Waals surface area (Å²) in [6, 6.07) is 0. The number of aliphatic hydroxyl groups is 2. The number of aliphatic hydroxyl groups excluding tert-OH is 1. The molecule has 3 heteroatoms. The zero-order chi connectivity index (χ0) is 10.7. The van der Waals surface area contributed by atoms with E-state index in [9.17, 15) is 10.2 Å². The van der Waals surface area contributed by atoms with Crippen molar-refractivity contribution in [3.63, 3.8) is 0 Å². The van der Waals surface area contributed by atoms with Crippen molar-refractivity contribution in [1.29, 1.82) is 0 Å². The molecule has 0 radical (unpaired) electrons. The standard InChI is InChI=1S/C12H22O3/c13-11-4-7-15-9-10(11)8-12(14)5-2-1-3-6-12/h10-11,13-14H,1-9H2. The van der Waals surface area contributed by atoms with Gasteiger partial charge >= 0.3 is 0 Å². The van der Waals surface area contributed by atoms with Crippen LogP contribution in [0, 0.1) is 5.92 Å². The van der Waals surface area contributed by atoms with E-state index in [2.05, 4.69) is 0 Å². The second-order valence-electron chi connectivity index (χ2n) is 5.18. The molecule has 0 spiro atoms. The monoisotopic (exact) mass is 214 g/mol. The van der Waals surface area contributed by atoms with Crippen LogP contribution in [0.3, 0.4) is 0 Å². The fourth-order valence-corrected chi connectivity index (χ4v) is 2.88. The molecule has 88 valence electrons. The van der Waals surface area contributed by atoms with Crippen LogP contribution in [0.4, 0.5) is 0 Å². The topological polar surface area (TPSA) is 49.7 Å². The minimum Gasteiger partial charge on any atom is -0.393 e. The Hall–Kier alpha value is -0.120. The molecule has 0 bridgehead atoms. The van der Waals surface area contributed by atoms with Crippen LogP contribution < -0.4 is 0 Å². The summed E-state index contributed by atoms with van der Waals surface area (Å²) in [5.41, 5.74) is -0.523. The van der Waals surface area contributed by atoms with Gasteiger partial charge in [0.2, 0.25) is 0 Å². The van der Waals surface area contributed by atoms with Crippen LogP contribution in [-0.4, -0.2) is 35.1 Å². The van der Waals surface area contributed by atoms with Crippen molar-refractivity contribution in [3.8, 4) is 0 Å². The van der Waals surface area contributed by atoms with Gasteiger partial charge in [-0.15, -0.1) is 0 Å². The summed E-state index contributed by atoms with van der Waals surface area (Å²) in [6.07, 6.45) is 6.46. The van der Waals surface area contributed by atoms with E-state index in [0.717, 1.165) is 32.1 Å². The predicted octanol–water partition coefficient (Wildman–Crippen LogP) is 1.47. The Morgan fingerprint density at radius 1 is 1.20 bits per heavy atom. The molecule has 15 heavy (non-hydrogen) atoms. The van der Waals surface area contributed by atoms with Crippen LogP contribution in [0.1, 0.15) is 44.9 Å². The Kier molecular flexibility index (Phi) is 3.65. The summed E-state index contributed by atoms with van der Waals surface area (Å²) in [7, 11) is 0. The first-order valence-corrected chi connectivity index (χ1v) is 6.18. The second kappa shape index (κ2) is 4.81. The zero-order valence-electron chi connectivity index (χ0n) is 9.32. The Morgan fingerprint density at radius 3 is 2.60 bits per heavy atom. The maximum Gasteiger partial charge on any atom is 0.0652 e. The van der Waals surface area contributed by atoms with Crippen LogP contribution in [-0.2, 0) is 4.74 Å². The molecule has 1 aliphatic heterocycles. The van der Waals surface area contributed by atoms with E-state index < -0.39 is 5.60 Å². The van der Waals surface area contributed by atoms with Crippen molar-refractivity contribution in [2.75, 3.05) is 13.2 Å². The third-order valence-corrected chi connectivity index (χ3v) is 3.86. The normalized spacial score (nSPS) is 36.4. The molecular formula is C12H22O3. The molecule has 1 saturated carbocycles. The predicted molar refractivity (Wildman–Crippen MR) is 57.6 cm³/mol. The first kappa shape index (κ1) is 11.4. The van der Waals surface area contributed by atoms with Gasteiger partial charge in [-0.2, -0.15) is 0 Å². The molecule has 1 saturated heterocycles. The van der Waals surface area contributed by atoms with Gasteiger partial charge in [-0.3, -0.25) is 0 Å².